The van der Waals surface area contributed by atoms with Crippen LogP contribution >= 0.6 is 12.4 Å². The molecule has 2 atom stereocenters. The Balaban J connectivity index is 0.00000400. The van der Waals surface area contributed by atoms with Crippen molar-refractivity contribution in [3.63, 3.8) is 0 Å². The Morgan fingerprint density at radius 3 is 1.76 bits per heavy atom. The lowest BCUT2D eigenvalue weighted by atomic mass is 9.82. The smallest absolute Gasteiger partial charge is 0.164 e. The van der Waals surface area contributed by atoms with Gasteiger partial charge in [-0.3, -0.25) is 0 Å². The third-order valence-electron chi connectivity index (χ3n) is 3.32. The zero-order valence-electron chi connectivity index (χ0n) is 13.5. The topological polar surface area (TPSA) is 73.9 Å². The van der Waals surface area contributed by atoms with E-state index in [9.17, 15) is 5.11 Å². The first-order valence-corrected chi connectivity index (χ1v) is 6.49. The maximum atomic E-state index is 10.4. The van der Waals surface area contributed by atoms with Crippen LogP contribution in [0.3, 0.4) is 0 Å². The fourth-order valence-corrected chi connectivity index (χ4v) is 2.02. The van der Waals surface area contributed by atoms with E-state index in [0.717, 1.165) is 0 Å². The van der Waals surface area contributed by atoms with Crippen molar-refractivity contribution >= 4 is 12.4 Å². The molecule has 21 heavy (non-hydrogen) atoms. The lowest BCUT2D eigenvalue weighted by molar-refractivity contribution is 0.0394. The molecule has 0 aliphatic rings. The number of halogens is 1. The molecule has 6 heteroatoms. The minimum atomic E-state index is -0.713. The number of benzene rings is 1. The van der Waals surface area contributed by atoms with Crippen molar-refractivity contribution in [3.05, 3.63) is 17.7 Å². The van der Waals surface area contributed by atoms with Crippen LogP contribution in [-0.4, -0.2) is 32.5 Å². The van der Waals surface area contributed by atoms with Gasteiger partial charge in [-0.2, -0.15) is 0 Å². The fourth-order valence-electron chi connectivity index (χ4n) is 2.02. The highest BCUT2D eigenvalue weighted by Crippen LogP contribution is 2.39. The van der Waals surface area contributed by atoms with E-state index in [1.165, 1.54) is 0 Å². The normalized spacial score (nSPS) is 13.9. The minimum absolute atomic E-state index is 0. The molecule has 0 aromatic heterocycles. The molecule has 0 aliphatic carbocycles. The fraction of sp³-hybridized carbons (Fsp3) is 0.600. The van der Waals surface area contributed by atoms with Crippen LogP contribution in [0.5, 0.6) is 17.2 Å². The quantitative estimate of drug-likeness (QED) is 0.872. The maximum absolute atomic E-state index is 10.4. The van der Waals surface area contributed by atoms with Crippen molar-refractivity contribution in [1.29, 1.82) is 0 Å². The Labute approximate surface area is 132 Å². The van der Waals surface area contributed by atoms with Crippen LogP contribution in [0.25, 0.3) is 0 Å². The van der Waals surface area contributed by atoms with E-state index >= 15 is 0 Å². The highest BCUT2D eigenvalue weighted by atomic mass is 35.5. The van der Waals surface area contributed by atoms with Crippen molar-refractivity contribution in [2.45, 2.75) is 32.9 Å². The van der Waals surface area contributed by atoms with E-state index in [0.29, 0.717) is 22.8 Å². The SMILES string of the molecule is COc1cc(OC)c([C@@H](N)[C@@H](O)C(C)(C)C)cc1OC.Cl. The Morgan fingerprint density at radius 2 is 1.38 bits per heavy atom. The molecule has 1 aromatic rings. The van der Waals surface area contributed by atoms with Crippen LogP contribution < -0.4 is 19.9 Å². The largest absolute Gasteiger partial charge is 0.496 e. The van der Waals surface area contributed by atoms with Crippen molar-refractivity contribution in [2.75, 3.05) is 21.3 Å². The number of methoxy groups -OCH3 is 3. The molecule has 122 valence electrons. The second-order valence-corrected chi connectivity index (χ2v) is 5.79. The summed E-state index contributed by atoms with van der Waals surface area (Å²) in [6.07, 6.45) is -0.713. The number of aliphatic hydroxyl groups is 1. The van der Waals surface area contributed by atoms with Gasteiger partial charge in [-0.15, -0.1) is 12.4 Å². The molecular weight excluding hydrogens is 294 g/mol. The molecular formula is C15H26ClNO4. The highest BCUT2D eigenvalue weighted by Gasteiger charge is 2.31. The monoisotopic (exact) mass is 319 g/mol. The number of hydrogen-bond acceptors (Lipinski definition) is 5. The van der Waals surface area contributed by atoms with Crippen LogP contribution in [0.2, 0.25) is 0 Å². The van der Waals surface area contributed by atoms with E-state index < -0.39 is 12.1 Å². The summed E-state index contributed by atoms with van der Waals surface area (Å²) in [6, 6.07) is 2.88. The van der Waals surface area contributed by atoms with Crippen molar-refractivity contribution in [3.8, 4) is 17.2 Å². The van der Waals surface area contributed by atoms with Crippen LogP contribution in [0.1, 0.15) is 32.4 Å². The third-order valence-corrected chi connectivity index (χ3v) is 3.32. The number of hydrogen-bond donors (Lipinski definition) is 2. The van der Waals surface area contributed by atoms with Crippen LogP contribution in [0, 0.1) is 5.41 Å². The molecule has 0 heterocycles. The number of nitrogens with two attached hydrogens (primary N) is 1. The summed E-state index contributed by atoms with van der Waals surface area (Å²) >= 11 is 0. The number of ether oxygens (including phenoxy) is 3. The molecule has 0 aliphatic heterocycles. The first-order chi connectivity index (χ1) is 9.26. The van der Waals surface area contributed by atoms with Gasteiger partial charge in [-0.05, 0) is 11.5 Å². The highest BCUT2D eigenvalue weighted by molar-refractivity contribution is 5.85. The Morgan fingerprint density at radius 1 is 0.952 bits per heavy atom. The zero-order valence-corrected chi connectivity index (χ0v) is 14.3. The molecule has 0 saturated carbocycles. The van der Waals surface area contributed by atoms with E-state index in [1.54, 1.807) is 33.5 Å². The predicted molar refractivity (Wildman–Crippen MR) is 85.7 cm³/mol. The van der Waals surface area contributed by atoms with Gasteiger partial charge in [-0.1, -0.05) is 20.8 Å². The molecule has 0 spiro atoms. The molecule has 0 saturated heterocycles. The summed E-state index contributed by atoms with van der Waals surface area (Å²) in [7, 11) is 4.67. The number of aliphatic hydroxyl groups excluding tert-OH is 1. The Bertz CT molecular complexity index is 460. The van der Waals surface area contributed by atoms with Gasteiger partial charge in [0.15, 0.2) is 11.5 Å². The van der Waals surface area contributed by atoms with Gasteiger partial charge in [0.25, 0.3) is 0 Å². The summed E-state index contributed by atoms with van der Waals surface area (Å²) < 4.78 is 15.9. The second-order valence-electron chi connectivity index (χ2n) is 5.79. The van der Waals surface area contributed by atoms with E-state index in [1.807, 2.05) is 20.8 Å². The summed E-state index contributed by atoms with van der Waals surface area (Å²) in [6.45, 7) is 5.81. The molecule has 0 bridgehead atoms. The average molecular weight is 320 g/mol. The van der Waals surface area contributed by atoms with Gasteiger partial charge in [0.2, 0.25) is 0 Å². The molecule has 1 rings (SSSR count). The Kier molecular flexibility index (Phi) is 7.30. The van der Waals surface area contributed by atoms with Crippen molar-refractivity contribution in [2.24, 2.45) is 11.1 Å². The van der Waals surface area contributed by atoms with E-state index in [2.05, 4.69) is 0 Å². The molecule has 0 radical (unpaired) electrons. The minimum Gasteiger partial charge on any atom is -0.496 e. The van der Waals surface area contributed by atoms with Gasteiger partial charge in [0, 0.05) is 11.6 Å². The van der Waals surface area contributed by atoms with Gasteiger partial charge < -0.3 is 25.1 Å². The average Bonchev–Trinajstić information content (AvgIpc) is 2.42. The summed E-state index contributed by atoms with van der Waals surface area (Å²) in [5.74, 6) is 1.68. The number of rotatable bonds is 5. The van der Waals surface area contributed by atoms with Gasteiger partial charge in [-0.25, -0.2) is 0 Å². The van der Waals surface area contributed by atoms with E-state index in [4.69, 9.17) is 19.9 Å². The van der Waals surface area contributed by atoms with Gasteiger partial charge in [0.05, 0.1) is 33.5 Å². The van der Waals surface area contributed by atoms with Crippen LogP contribution in [-0.2, 0) is 0 Å². The van der Waals surface area contributed by atoms with Crippen molar-refractivity contribution in [1.82, 2.24) is 0 Å². The van der Waals surface area contributed by atoms with Crippen LogP contribution in [0.4, 0.5) is 0 Å². The van der Waals surface area contributed by atoms with Crippen LogP contribution in [0.15, 0.2) is 12.1 Å². The summed E-state index contributed by atoms with van der Waals surface area (Å²) in [5, 5.41) is 10.4. The maximum Gasteiger partial charge on any atom is 0.164 e. The molecule has 0 fully saturated rings. The first-order valence-electron chi connectivity index (χ1n) is 6.49. The molecule has 0 unspecified atom stereocenters. The summed E-state index contributed by atoms with van der Waals surface area (Å²) in [5.41, 5.74) is 6.54. The van der Waals surface area contributed by atoms with Gasteiger partial charge >= 0.3 is 0 Å². The summed E-state index contributed by atoms with van der Waals surface area (Å²) in [4.78, 5) is 0. The molecule has 1 aromatic carbocycles. The molecule has 0 amide bonds. The third kappa shape index (κ3) is 4.40. The molecule has 3 N–H and O–H groups in total. The molecule has 5 nitrogen and oxygen atoms in total. The zero-order chi connectivity index (χ0) is 15.5. The second kappa shape index (κ2) is 7.73. The van der Waals surface area contributed by atoms with Crippen molar-refractivity contribution < 1.29 is 19.3 Å². The lowest BCUT2D eigenvalue weighted by Gasteiger charge is -2.32. The Hall–Kier alpha value is -1.17. The first kappa shape index (κ1) is 19.8. The van der Waals surface area contributed by atoms with Gasteiger partial charge in [0.1, 0.15) is 5.75 Å². The lowest BCUT2D eigenvalue weighted by Crippen LogP contribution is -2.37. The van der Waals surface area contributed by atoms with E-state index in [-0.39, 0.29) is 17.8 Å². The standard InChI is InChI=1S/C15H25NO4.ClH/c1-15(2,3)14(17)13(16)9-7-11(19-5)12(20-6)8-10(9)18-4;/h7-8,13-14,17H,16H2,1-6H3;1H/t13-,14-;/m1./s1. The predicted octanol–water partition coefficient (Wildman–Crippen LogP) is 2.54.